The quantitative estimate of drug-likeness (QED) is 0.161. The first kappa shape index (κ1) is 28.9. The van der Waals surface area contributed by atoms with E-state index in [2.05, 4.69) is 133 Å². The van der Waals surface area contributed by atoms with Crippen LogP contribution in [0.15, 0.2) is 196 Å². The largest absolute Gasteiger partial charge is 0.309 e. The molecule has 7 aromatic carbocycles. The van der Waals surface area contributed by atoms with Gasteiger partial charge in [0.2, 0.25) is 0 Å². The Morgan fingerprint density at radius 1 is 0.326 bits per heavy atom. The van der Waals surface area contributed by atoms with Crippen molar-refractivity contribution in [2.24, 2.45) is 0 Å². The first-order valence-corrected chi connectivity index (χ1v) is 18.6. The van der Waals surface area contributed by atoms with Crippen molar-refractivity contribution in [3.8, 4) is 33.4 Å². The monoisotopic (exact) mass is 644 g/mol. The Labute approximate surface area is 278 Å². The summed E-state index contributed by atoms with van der Waals surface area (Å²) in [6.07, 6.45) is 0. The second-order valence-electron chi connectivity index (χ2n) is 11.2. The Balaban J connectivity index is 1.37. The van der Waals surface area contributed by atoms with Crippen LogP contribution >= 0.6 is 30.7 Å². The smallest absolute Gasteiger partial charge is 0.173 e. The van der Waals surface area contributed by atoms with Crippen molar-refractivity contribution in [1.82, 2.24) is 0 Å². The highest BCUT2D eigenvalue weighted by Gasteiger charge is 2.44. The van der Waals surface area contributed by atoms with Gasteiger partial charge in [-0.15, -0.1) is 0 Å². The van der Waals surface area contributed by atoms with Crippen LogP contribution in [-0.4, -0.2) is 0 Å². The van der Waals surface area contributed by atoms with Crippen LogP contribution in [0.4, 0.5) is 0 Å². The van der Waals surface area contributed by atoms with Gasteiger partial charge in [0.1, 0.15) is 0 Å². The van der Waals surface area contributed by atoms with E-state index in [1.54, 1.807) is 23.5 Å². The summed E-state index contributed by atoms with van der Waals surface area (Å²) < 4.78 is 16.4. The van der Waals surface area contributed by atoms with E-state index >= 15 is 4.57 Å². The van der Waals surface area contributed by atoms with E-state index in [4.69, 9.17) is 0 Å². The lowest BCUT2D eigenvalue weighted by Crippen LogP contribution is -2.23. The number of hydrogen-bond acceptors (Lipinski definition) is 3. The summed E-state index contributed by atoms with van der Waals surface area (Å²) in [4.78, 5) is 4.63. The summed E-state index contributed by atoms with van der Waals surface area (Å²) in [5, 5.41) is 2.71. The zero-order valence-electron chi connectivity index (χ0n) is 24.9. The number of benzene rings is 7. The summed E-state index contributed by atoms with van der Waals surface area (Å²) in [5.74, 6) is 0. The Morgan fingerprint density at radius 2 is 0.652 bits per heavy atom. The van der Waals surface area contributed by atoms with Crippen LogP contribution in [0.1, 0.15) is 0 Å². The van der Waals surface area contributed by atoms with Crippen LogP contribution in [0.3, 0.4) is 0 Å². The van der Waals surface area contributed by atoms with Gasteiger partial charge < -0.3 is 4.57 Å². The maximum absolute atomic E-state index is 16.4. The molecule has 0 radical (unpaired) electrons. The van der Waals surface area contributed by atoms with Crippen molar-refractivity contribution < 1.29 is 4.57 Å². The van der Waals surface area contributed by atoms with E-state index in [-0.39, 0.29) is 0 Å². The van der Waals surface area contributed by atoms with Gasteiger partial charge in [-0.2, -0.15) is 0 Å². The normalized spacial score (nSPS) is 12.8. The summed E-state index contributed by atoms with van der Waals surface area (Å²) in [6, 6.07) is 60.9. The van der Waals surface area contributed by atoms with Crippen LogP contribution in [-0.2, 0) is 4.57 Å². The molecule has 1 aliphatic rings. The molecule has 4 heteroatoms. The molecule has 0 saturated heterocycles. The molecular formula is C42H29OPS2. The minimum absolute atomic E-state index is 0.858. The summed E-state index contributed by atoms with van der Waals surface area (Å²) in [7, 11) is -3.33. The molecule has 0 unspecified atom stereocenters. The van der Waals surface area contributed by atoms with Crippen LogP contribution in [0.2, 0.25) is 0 Å². The van der Waals surface area contributed by atoms with Crippen LogP contribution in [0, 0.1) is 0 Å². The second kappa shape index (κ2) is 12.3. The Kier molecular flexibility index (Phi) is 7.76. The first-order chi connectivity index (χ1) is 22.7. The first-order valence-electron chi connectivity index (χ1n) is 15.3. The summed E-state index contributed by atoms with van der Waals surface area (Å²) in [5.41, 5.74) is 6.34. The van der Waals surface area contributed by atoms with Gasteiger partial charge in [-0.1, -0.05) is 163 Å². The minimum Gasteiger partial charge on any atom is -0.309 e. The molecule has 0 N–H and O–H groups in total. The van der Waals surface area contributed by atoms with Crippen LogP contribution in [0.25, 0.3) is 33.4 Å². The fraction of sp³-hybridized carbons (Fsp3) is 0. The Hall–Kier alpha value is -4.53. The van der Waals surface area contributed by atoms with Crippen molar-refractivity contribution in [2.45, 2.75) is 19.6 Å². The number of fused-ring (bicyclic) bond motifs is 3. The third-order valence-corrected chi connectivity index (χ3v) is 13.8. The lowest BCUT2D eigenvalue weighted by molar-refractivity contribution is 0.593. The van der Waals surface area contributed by atoms with Gasteiger partial charge >= 0.3 is 0 Å². The molecule has 0 spiro atoms. The lowest BCUT2D eigenvalue weighted by atomic mass is 9.96. The zero-order valence-corrected chi connectivity index (χ0v) is 27.4. The van der Waals surface area contributed by atoms with E-state index in [9.17, 15) is 0 Å². The third kappa shape index (κ3) is 5.06. The minimum atomic E-state index is -3.33. The van der Waals surface area contributed by atoms with Crippen LogP contribution < -0.4 is 15.9 Å². The molecule has 0 bridgehead atoms. The summed E-state index contributed by atoms with van der Waals surface area (Å²) in [6.45, 7) is 0. The van der Waals surface area contributed by atoms with Gasteiger partial charge in [0.15, 0.2) is 7.14 Å². The molecule has 0 atom stereocenters. The molecule has 0 amide bonds. The molecule has 8 rings (SSSR count). The van der Waals surface area contributed by atoms with Crippen molar-refractivity contribution in [1.29, 1.82) is 0 Å². The molecule has 7 aromatic rings. The Bertz CT molecular complexity index is 2090. The standard InChI is InChI=1S/C42H29OPS2/c43-44(30-16-4-1-5-17-30)41-35(33-22-10-12-28-39(33)45-31-18-6-2-7-19-31)24-14-26-37(41)38-27-15-25-36(42(38)44)34-23-11-13-29-40(34)46-32-20-8-3-9-21-32/h1-29H. The second-order valence-corrected chi connectivity index (χ2v) is 16.0. The molecule has 1 nitrogen and oxygen atoms in total. The van der Waals surface area contributed by atoms with Crippen LogP contribution in [0.5, 0.6) is 0 Å². The fourth-order valence-electron chi connectivity index (χ4n) is 6.43. The highest BCUT2D eigenvalue weighted by atomic mass is 32.2. The SMILES string of the molecule is O=P1(c2ccccc2)c2c(-c3ccccc3Sc3ccccc3)cccc2-c2cccc(-c3ccccc3Sc3ccccc3)c21. The maximum atomic E-state index is 16.4. The van der Waals surface area contributed by atoms with Gasteiger partial charge in [0, 0.05) is 35.5 Å². The van der Waals surface area contributed by atoms with E-state index in [1.807, 2.05) is 42.5 Å². The molecule has 46 heavy (non-hydrogen) atoms. The van der Waals surface area contributed by atoms with E-state index in [1.165, 1.54) is 9.79 Å². The molecule has 0 saturated carbocycles. The summed E-state index contributed by atoms with van der Waals surface area (Å²) >= 11 is 3.49. The van der Waals surface area contributed by atoms with Gasteiger partial charge in [0.05, 0.1) is 0 Å². The predicted octanol–water partition coefficient (Wildman–Crippen LogP) is 10.9. The molecular weight excluding hydrogens is 616 g/mol. The Morgan fingerprint density at radius 3 is 1.09 bits per heavy atom. The zero-order chi connectivity index (χ0) is 30.9. The maximum Gasteiger partial charge on any atom is 0.173 e. The van der Waals surface area contributed by atoms with E-state index < -0.39 is 7.14 Å². The molecule has 1 aliphatic heterocycles. The average Bonchev–Trinajstić information content (AvgIpc) is 3.39. The van der Waals surface area contributed by atoms with Crippen molar-refractivity contribution in [3.63, 3.8) is 0 Å². The lowest BCUT2D eigenvalue weighted by Gasteiger charge is -2.22. The molecule has 220 valence electrons. The fourth-order valence-corrected chi connectivity index (χ4v) is 11.9. The highest BCUT2D eigenvalue weighted by molar-refractivity contribution is 7.99. The van der Waals surface area contributed by atoms with Gasteiger partial charge in [-0.3, -0.25) is 0 Å². The van der Waals surface area contributed by atoms with Gasteiger partial charge in [0.25, 0.3) is 0 Å². The molecule has 0 aliphatic carbocycles. The van der Waals surface area contributed by atoms with Crippen molar-refractivity contribution in [3.05, 3.63) is 176 Å². The van der Waals surface area contributed by atoms with E-state index in [0.29, 0.717) is 0 Å². The number of hydrogen-bond donors (Lipinski definition) is 0. The molecule has 0 aromatic heterocycles. The van der Waals surface area contributed by atoms with Crippen molar-refractivity contribution >= 4 is 46.6 Å². The molecule has 0 fully saturated rings. The number of rotatable bonds is 7. The third-order valence-electron chi connectivity index (χ3n) is 8.41. The van der Waals surface area contributed by atoms with Crippen molar-refractivity contribution in [2.75, 3.05) is 0 Å². The van der Waals surface area contributed by atoms with E-state index in [0.717, 1.165) is 59.1 Å². The predicted molar refractivity (Wildman–Crippen MR) is 197 cm³/mol. The average molecular weight is 645 g/mol. The highest BCUT2D eigenvalue weighted by Crippen LogP contribution is 2.57. The topological polar surface area (TPSA) is 17.1 Å². The van der Waals surface area contributed by atoms with Gasteiger partial charge in [-0.05, 0) is 69.8 Å². The molecule has 1 heterocycles. The van der Waals surface area contributed by atoms with Gasteiger partial charge in [-0.25, -0.2) is 0 Å².